The molecule has 3 aromatic carbocycles. The Morgan fingerprint density at radius 2 is 1.44 bits per heavy atom. The van der Waals surface area contributed by atoms with E-state index in [2.05, 4.69) is 88.4 Å². The van der Waals surface area contributed by atoms with Gasteiger partial charge in [0, 0.05) is 37.5 Å². The van der Waals surface area contributed by atoms with Gasteiger partial charge in [-0.2, -0.15) is 0 Å². The third-order valence-electron chi connectivity index (χ3n) is 6.41. The Balaban J connectivity index is 1.63. The van der Waals surface area contributed by atoms with Crippen LogP contribution in [0.15, 0.2) is 71.3 Å². The van der Waals surface area contributed by atoms with Gasteiger partial charge in [0.05, 0.1) is 5.69 Å². The summed E-state index contributed by atoms with van der Waals surface area (Å²) in [7, 11) is 0. The van der Waals surface area contributed by atoms with Crippen LogP contribution in [-0.2, 0) is 0 Å². The van der Waals surface area contributed by atoms with E-state index in [4.69, 9.17) is 9.40 Å². The predicted molar refractivity (Wildman–Crippen MR) is 137 cm³/mol. The van der Waals surface area contributed by atoms with Crippen LogP contribution in [0.3, 0.4) is 0 Å². The second-order valence-corrected chi connectivity index (χ2v) is 9.93. The molecule has 0 aliphatic rings. The SMILES string of the molecule is Cc1cc2c(ccc3c4cccc(-c5cc(-c6c(C)cccc6C)c(C)cn5)c4oc23)s1. The zero-order valence-electron chi connectivity index (χ0n) is 18.6. The summed E-state index contributed by atoms with van der Waals surface area (Å²) in [6, 6.07) is 21.7. The third kappa shape index (κ3) is 2.81. The molecule has 0 saturated carbocycles. The number of rotatable bonds is 2. The molecule has 0 saturated heterocycles. The number of aromatic nitrogens is 1. The summed E-state index contributed by atoms with van der Waals surface area (Å²) in [5.41, 5.74) is 10.1. The Hall–Kier alpha value is -3.43. The highest BCUT2D eigenvalue weighted by Gasteiger charge is 2.17. The lowest BCUT2D eigenvalue weighted by atomic mass is 9.92. The lowest BCUT2D eigenvalue weighted by Crippen LogP contribution is -1.94. The summed E-state index contributed by atoms with van der Waals surface area (Å²) in [5.74, 6) is 0. The number of fused-ring (bicyclic) bond motifs is 5. The van der Waals surface area contributed by atoms with Crippen molar-refractivity contribution in [3.63, 3.8) is 0 Å². The largest absolute Gasteiger partial charge is 0.455 e. The van der Waals surface area contributed by atoms with Gasteiger partial charge in [0.2, 0.25) is 0 Å². The maximum atomic E-state index is 6.55. The van der Waals surface area contributed by atoms with Crippen LogP contribution in [0.4, 0.5) is 0 Å². The molecule has 0 unspecified atom stereocenters. The number of hydrogen-bond acceptors (Lipinski definition) is 3. The molecule has 3 heterocycles. The quantitative estimate of drug-likeness (QED) is 0.273. The molecule has 3 aromatic heterocycles. The van der Waals surface area contributed by atoms with Gasteiger partial charge in [-0.3, -0.25) is 4.98 Å². The Kier molecular flexibility index (Phi) is 4.24. The third-order valence-corrected chi connectivity index (χ3v) is 7.43. The number of aryl methyl sites for hydroxylation is 4. The van der Waals surface area contributed by atoms with Crippen LogP contribution in [-0.4, -0.2) is 4.98 Å². The fourth-order valence-electron chi connectivity index (χ4n) is 4.88. The number of pyridine rings is 1. The smallest absolute Gasteiger partial charge is 0.144 e. The minimum Gasteiger partial charge on any atom is -0.455 e. The Morgan fingerprint density at radius 3 is 2.25 bits per heavy atom. The van der Waals surface area contributed by atoms with Gasteiger partial charge < -0.3 is 4.42 Å². The van der Waals surface area contributed by atoms with Crippen LogP contribution in [0.2, 0.25) is 0 Å². The van der Waals surface area contributed by atoms with Gasteiger partial charge in [-0.1, -0.05) is 30.3 Å². The highest BCUT2D eigenvalue weighted by atomic mass is 32.1. The first-order valence-electron chi connectivity index (χ1n) is 10.9. The summed E-state index contributed by atoms with van der Waals surface area (Å²) in [6.07, 6.45) is 1.98. The van der Waals surface area contributed by atoms with Crippen LogP contribution in [0.5, 0.6) is 0 Å². The summed E-state index contributed by atoms with van der Waals surface area (Å²) in [5, 5.41) is 3.49. The highest BCUT2D eigenvalue weighted by molar-refractivity contribution is 7.19. The lowest BCUT2D eigenvalue weighted by Gasteiger charge is -2.14. The zero-order valence-corrected chi connectivity index (χ0v) is 19.4. The number of benzene rings is 3. The minimum absolute atomic E-state index is 0.905. The number of thiophene rings is 1. The van der Waals surface area contributed by atoms with Crippen LogP contribution in [0, 0.1) is 27.7 Å². The zero-order chi connectivity index (χ0) is 22.0. The minimum atomic E-state index is 0.905. The topological polar surface area (TPSA) is 26.0 Å². The van der Waals surface area contributed by atoms with E-state index in [1.54, 1.807) is 0 Å². The van der Waals surface area contributed by atoms with E-state index < -0.39 is 0 Å². The fraction of sp³-hybridized carbons (Fsp3) is 0.138. The van der Waals surface area contributed by atoms with Gasteiger partial charge in [0.1, 0.15) is 11.2 Å². The van der Waals surface area contributed by atoms with Crippen molar-refractivity contribution >= 4 is 43.4 Å². The fourth-order valence-corrected chi connectivity index (χ4v) is 5.80. The Labute approximate surface area is 191 Å². The van der Waals surface area contributed by atoms with Gasteiger partial charge in [-0.15, -0.1) is 11.3 Å². The van der Waals surface area contributed by atoms with Gasteiger partial charge in [0.15, 0.2) is 0 Å². The first kappa shape index (κ1) is 19.3. The van der Waals surface area contributed by atoms with Gasteiger partial charge >= 0.3 is 0 Å². The van der Waals surface area contributed by atoms with E-state index in [1.165, 1.54) is 42.8 Å². The normalized spacial score (nSPS) is 11.8. The number of furan rings is 1. The summed E-state index contributed by atoms with van der Waals surface area (Å²) < 4.78 is 7.82. The maximum Gasteiger partial charge on any atom is 0.144 e. The molecule has 0 aliphatic heterocycles. The standard InChI is InChI=1S/C29H23NOS/c1-16-7-5-8-17(2)27(16)23-14-25(30-15-18(23)3)22-10-6-9-20-21-11-12-26-24(13-19(4)32-26)29(21)31-28(20)22/h5-15H,1-4H3. The molecule has 156 valence electrons. The van der Waals surface area contributed by atoms with Crippen molar-refractivity contribution in [1.29, 1.82) is 0 Å². The maximum absolute atomic E-state index is 6.55. The molecule has 0 aliphatic carbocycles. The van der Waals surface area contributed by atoms with E-state index in [9.17, 15) is 0 Å². The van der Waals surface area contributed by atoms with Crippen molar-refractivity contribution in [2.45, 2.75) is 27.7 Å². The Bertz CT molecular complexity index is 1650. The molecule has 0 fully saturated rings. The Morgan fingerprint density at radius 1 is 0.688 bits per heavy atom. The van der Waals surface area contributed by atoms with Crippen molar-refractivity contribution in [3.05, 3.63) is 88.4 Å². The summed E-state index contributed by atoms with van der Waals surface area (Å²) in [4.78, 5) is 6.12. The van der Waals surface area contributed by atoms with E-state index in [0.29, 0.717) is 0 Å². The van der Waals surface area contributed by atoms with Crippen LogP contribution >= 0.6 is 11.3 Å². The molecule has 32 heavy (non-hydrogen) atoms. The first-order chi connectivity index (χ1) is 15.5. The van der Waals surface area contributed by atoms with Crippen molar-refractivity contribution in [2.75, 3.05) is 0 Å². The van der Waals surface area contributed by atoms with Crippen LogP contribution in [0.25, 0.3) is 54.4 Å². The molecule has 2 nitrogen and oxygen atoms in total. The van der Waals surface area contributed by atoms with Crippen LogP contribution in [0.1, 0.15) is 21.6 Å². The van der Waals surface area contributed by atoms with Crippen LogP contribution < -0.4 is 0 Å². The van der Waals surface area contributed by atoms with Crippen molar-refractivity contribution < 1.29 is 4.42 Å². The molecule has 0 bridgehead atoms. The molecular formula is C29H23NOS. The summed E-state index contributed by atoms with van der Waals surface area (Å²) in [6.45, 7) is 8.64. The van der Waals surface area contributed by atoms with E-state index >= 15 is 0 Å². The number of para-hydroxylation sites is 1. The molecule has 3 heteroatoms. The van der Waals surface area contributed by atoms with Gasteiger partial charge in [0.25, 0.3) is 0 Å². The van der Waals surface area contributed by atoms with Crippen molar-refractivity contribution in [2.24, 2.45) is 0 Å². The lowest BCUT2D eigenvalue weighted by molar-refractivity contribution is 0.673. The van der Waals surface area contributed by atoms with E-state index in [-0.39, 0.29) is 0 Å². The van der Waals surface area contributed by atoms with Gasteiger partial charge in [-0.25, -0.2) is 0 Å². The molecule has 0 amide bonds. The second-order valence-electron chi connectivity index (χ2n) is 8.65. The number of hydrogen-bond donors (Lipinski definition) is 0. The highest BCUT2D eigenvalue weighted by Crippen LogP contribution is 2.41. The second kappa shape index (κ2) is 7.04. The monoisotopic (exact) mass is 433 g/mol. The predicted octanol–water partition coefficient (Wildman–Crippen LogP) is 8.76. The van der Waals surface area contributed by atoms with E-state index in [1.807, 2.05) is 17.5 Å². The average Bonchev–Trinajstić information content (AvgIpc) is 3.34. The molecule has 0 atom stereocenters. The van der Waals surface area contributed by atoms with Gasteiger partial charge in [-0.05, 0) is 85.8 Å². The molecule has 0 N–H and O–H groups in total. The van der Waals surface area contributed by atoms with Crippen molar-refractivity contribution in [3.8, 4) is 22.4 Å². The first-order valence-corrected chi connectivity index (χ1v) is 11.7. The molecular weight excluding hydrogens is 410 g/mol. The molecule has 0 radical (unpaired) electrons. The number of nitrogens with zero attached hydrogens (tertiary/aromatic N) is 1. The van der Waals surface area contributed by atoms with E-state index in [0.717, 1.165) is 33.2 Å². The molecule has 0 spiro atoms. The molecule has 6 rings (SSSR count). The molecule has 6 aromatic rings. The summed E-state index contributed by atoms with van der Waals surface area (Å²) >= 11 is 1.81. The average molecular weight is 434 g/mol. The van der Waals surface area contributed by atoms with Crippen molar-refractivity contribution in [1.82, 2.24) is 4.98 Å².